The van der Waals surface area contributed by atoms with E-state index >= 15 is 0 Å². The predicted octanol–water partition coefficient (Wildman–Crippen LogP) is 2.59. The second-order valence-corrected chi connectivity index (χ2v) is 5.40. The van der Waals surface area contributed by atoms with Gasteiger partial charge in [-0.1, -0.05) is 0 Å². The van der Waals surface area contributed by atoms with Crippen LogP contribution in [-0.2, 0) is 12.8 Å². The van der Waals surface area contributed by atoms with Crippen molar-refractivity contribution in [3.8, 4) is 0 Å². The van der Waals surface area contributed by atoms with E-state index in [1.807, 2.05) is 12.1 Å². The zero-order valence-electron chi connectivity index (χ0n) is 11.5. The van der Waals surface area contributed by atoms with Crippen molar-refractivity contribution in [2.75, 3.05) is 13.1 Å². The maximum absolute atomic E-state index is 4.50. The molecule has 0 saturated carbocycles. The molecule has 0 saturated heterocycles. The monoisotopic (exact) mass is 331 g/mol. The number of hydrogen-bond donors (Lipinski definition) is 1. The fraction of sp³-hybridized carbons (Fsp3) is 0.235. The Morgan fingerprint density at radius 3 is 2.00 bits per heavy atom. The molecule has 0 aliphatic carbocycles. The summed E-state index contributed by atoms with van der Waals surface area (Å²) in [5.74, 6) is 0. The van der Waals surface area contributed by atoms with Gasteiger partial charge in [-0.25, -0.2) is 0 Å². The fourth-order valence-electron chi connectivity index (χ4n) is 1.95. The molecule has 0 unspecified atom stereocenters. The van der Waals surface area contributed by atoms with Gasteiger partial charge in [0.1, 0.15) is 0 Å². The first-order valence-corrected chi connectivity index (χ1v) is 7.73. The van der Waals surface area contributed by atoms with E-state index in [-0.39, 0.29) is 0 Å². The first-order valence-electron chi connectivity index (χ1n) is 6.88. The Morgan fingerprint density at radius 1 is 0.850 bits per heavy atom. The molecule has 0 aliphatic heterocycles. The molecule has 2 aromatic rings. The van der Waals surface area contributed by atoms with E-state index in [2.05, 4.69) is 74.9 Å². The van der Waals surface area contributed by atoms with E-state index in [1.165, 1.54) is 11.1 Å². The van der Waals surface area contributed by atoms with Crippen LogP contribution in [0.15, 0.2) is 65.7 Å². The summed E-state index contributed by atoms with van der Waals surface area (Å²) in [6, 6.07) is 20.9. The van der Waals surface area contributed by atoms with Crippen molar-refractivity contribution in [2.45, 2.75) is 12.8 Å². The molecule has 3 heteroatoms. The van der Waals surface area contributed by atoms with Crippen molar-refractivity contribution in [3.05, 3.63) is 71.8 Å². The van der Waals surface area contributed by atoms with E-state index in [1.54, 1.807) is 0 Å². The van der Waals surface area contributed by atoms with Gasteiger partial charge in [-0.2, -0.15) is 0 Å². The van der Waals surface area contributed by atoms with E-state index in [9.17, 15) is 0 Å². The van der Waals surface area contributed by atoms with Crippen molar-refractivity contribution >= 4 is 20.7 Å². The second kappa shape index (κ2) is 8.57. The molecule has 0 bridgehead atoms. The van der Waals surface area contributed by atoms with Gasteiger partial charge in [-0.15, -0.1) is 0 Å². The predicted molar refractivity (Wildman–Crippen MR) is 86.4 cm³/mol. The quantitative estimate of drug-likeness (QED) is 0.491. The molecule has 0 atom stereocenters. The summed E-state index contributed by atoms with van der Waals surface area (Å²) in [6.45, 7) is 1.71. The summed E-state index contributed by atoms with van der Waals surface area (Å²) >= 11 is 2.99. The van der Waals surface area contributed by atoms with Gasteiger partial charge in [0.15, 0.2) is 0 Å². The van der Waals surface area contributed by atoms with E-state index in [4.69, 9.17) is 0 Å². The van der Waals surface area contributed by atoms with Crippen molar-refractivity contribution in [3.63, 3.8) is 0 Å². The van der Waals surface area contributed by atoms with Crippen LogP contribution in [0.5, 0.6) is 0 Å². The van der Waals surface area contributed by atoms with Crippen LogP contribution in [0.4, 0.5) is 0 Å². The van der Waals surface area contributed by atoms with Crippen LogP contribution < -0.4 is 5.32 Å². The summed E-state index contributed by atoms with van der Waals surface area (Å²) < 4.78 is 0.900. The Morgan fingerprint density at radius 2 is 1.40 bits per heavy atom. The van der Waals surface area contributed by atoms with Gasteiger partial charge in [0.05, 0.1) is 0 Å². The molecule has 2 aromatic carbocycles. The van der Waals surface area contributed by atoms with Gasteiger partial charge in [0, 0.05) is 0 Å². The van der Waals surface area contributed by atoms with E-state index < -0.39 is 0 Å². The van der Waals surface area contributed by atoms with Gasteiger partial charge in [0.2, 0.25) is 0 Å². The molecular formula is C17H19N2Se. The minimum atomic E-state index is 0.810. The molecule has 2 rings (SSSR count). The molecule has 1 radical (unpaired) electrons. The summed E-state index contributed by atoms with van der Waals surface area (Å²) in [7, 11) is 0. The summed E-state index contributed by atoms with van der Waals surface area (Å²) in [4.78, 5) is 4.50. The Hall–Kier alpha value is -1.57. The van der Waals surface area contributed by atoms with Gasteiger partial charge in [0.25, 0.3) is 0 Å². The van der Waals surface area contributed by atoms with Gasteiger partial charge < -0.3 is 0 Å². The molecular weight excluding hydrogens is 311 g/mol. The average molecular weight is 330 g/mol. The van der Waals surface area contributed by atoms with Crippen LogP contribution in [0, 0.1) is 0 Å². The maximum atomic E-state index is 4.50. The summed E-state index contributed by atoms with van der Waals surface area (Å²) in [5, 5.41) is 3.31. The number of hydrogen-bond acceptors (Lipinski definition) is 1. The van der Waals surface area contributed by atoms with Crippen molar-refractivity contribution in [1.29, 1.82) is 0 Å². The molecule has 20 heavy (non-hydrogen) atoms. The van der Waals surface area contributed by atoms with Gasteiger partial charge in [-0.05, 0) is 0 Å². The van der Waals surface area contributed by atoms with E-state index in [0.717, 1.165) is 30.7 Å². The minimum absolute atomic E-state index is 0.810. The Balaban J connectivity index is 1.67. The molecule has 0 aromatic heterocycles. The van der Waals surface area contributed by atoms with Crippen LogP contribution >= 0.6 is 0 Å². The SMILES string of the molecule is [Se]C(=NCCc1ccccc1)NCCc1ccccc1. The molecule has 1 N–H and O–H groups in total. The fourth-order valence-corrected chi connectivity index (χ4v) is 2.35. The van der Waals surface area contributed by atoms with Crippen molar-refractivity contribution < 1.29 is 0 Å². The standard InChI is InChI=1S/C17H19N2Se/c20-17(18-13-11-15-7-3-1-4-8-15)19-14-12-16-9-5-2-6-10-16/h1-10H,11-14H2,(H,18,19). The van der Waals surface area contributed by atoms with Crippen molar-refractivity contribution in [1.82, 2.24) is 5.32 Å². The van der Waals surface area contributed by atoms with Gasteiger partial charge >= 0.3 is 129 Å². The first-order chi connectivity index (χ1) is 9.84. The molecule has 0 fully saturated rings. The van der Waals surface area contributed by atoms with Crippen LogP contribution in [-0.4, -0.2) is 33.8 Å². The number of aliphatic imine (C=N–C) groups is 1. The third-order valence-corrected chi connectivity index (χ3v) is 3.61. The molecule has 0 spiro atoms. The number of nitrogens with one attached hydrogen (secondary N) is 1. The normalized spacial score (nSPS) is 11.3. The van der Waals surface area contributed by atoms with Crippen LogP contribution in [0.3, 0.4) is 0 Å². The Kier molecular flexibility index (Phi) is 6.36. The van der Waals surface area contributed by atoms with Crippen LogP contribution in [0.2, 0.25) is 0 Å². The topological polar surface area (TPSA) is 24.4 Å². The molecule has 2 nitrogen and oxygen atoms in total. The number of nitrogens with zero attached hydrogens (tertiary/aromatic N) is 1. The summed E-state index contributed by atoms with van der Waals surface area (Å²) in [5.41, 5.74) is 2.67. The zero-order valence-corrected chi connectivity index (χ0v) is 13.2. The second-order valence-electron chi connectivity index (χ2n) is 4.58. The first kappa shape index (κ1) is 14.8. The van der Waals surface area contributed by atoms with Gasteiger partial charge in [-0.3, -0.25) is 0 Å². The molecule has 0 heterocycles. The Bertz CT molecular complexity index is 523. The number of benzene rings is 2. The van der Waals surface area contributed by atoms with Crippen LogP contribution in [0.1, 0.15) is 11.1 Å². The van der Waals surface area contributed by atoms with Crippen molar-refractivity contribution in [2.24, 2.45) is 4.99 Å². The van der Waals surface area contributed by atoms with Crippen LogP contribution in [0.25, 0.3) is 0 Å². The molecule has 0 amide bonds. The summed E-state index contributed by atoms with van der Waals surface area (Å²) in [6.07, 6.45) is 1.99. The molecule has 103 valence electrons. The third-order valence-electron chi connectivity index (χ3n) is 3.03. The Labute approximate surface area is 129 Å². The molecule has 0 aliphatic rings. The average Bonchev–Trinajstić information content (AvgIpc) is 2.49. The zero-order chi connectivity index (χ0) is 14.0. The van der Waals surface area contributed by atoms with E-state index in [0.29, 0.717) is 0 Å². The third kappa shape index (κ3) is 5.60. The number of amidine groups is 1. The number of rotatable bonds is 6.